The molecule has 0 heterocycles. The molecule has 0 aromatic rings. The van der Waals surface area contributed by atoms with Crippen LogP contribution in [0.2, 0.25) is 0 Å². The SMILES string of the molecule is COCC(C)CCCCC(C)C. The summed E-state index contributed by atoms with van der Waals surface area (Å²) in [6.07, 6.45) is 5.44. The molecule has 1 atom stereocenters. The van der Waals surface area contributed by atoms with Gasteiger partial charge in [0.25, 0.3) is 0 Å². The van der Waals surface area contributed by atoms with E-state index in [9.17, 15) is 0 Å². The smallest absolute Gasteiger partial charge is 0.0487 e. The maximum Gasteiger partial charge on any atom is 0.0487 e. The van der Waals surface area contributed by atoms with Crippen LogP contribution in [0.3, 0.4) is 0 Å². The Hall–Kier alpha value is -0.0400. The molecule has 1 nitrogen and oxygen atoms in total. The maximum absolute atomic E-state index is 5.08. The lowest BCUT2D eigenvalue weighted by atomic mass is 10.0. The van der Waals surface area contributed by atoms with E-state index in [0.29, 0.717) is 0 Å². The van der Waals surface area contributed by atoms with Crippen molar-refractivity contribution in [2.45, 2.75) is 46.5 Å². The highest BCUT2D eigenvalue weighted by molar-refractivity contribution is 4.53. The molecule has 1 heteroatoms. The Kier molecular flexibility index (Phi) is 7.58. The first-order valence-electron chi connectivity index (χ1n) is 5.15. The van der Waals surface area contributed by atoms with E-state index in [-0.39, 0.29) is 0 Å². The van der Waals surface area contributed by atoms with Gasteiger partial charge in [0.2, 0.25) is 0 Å². The number of unbranched alkanes of at least 4 members (excludes halogenated alkanes) is 1. The fraction of sp³-hybridized carbons (Fsp3) is 1.00. The summed E-state index contributed by atoms with van der Waals surface area (Å²) >= 11 is 0. The number of hydrogen-bond donors (Lipinski definition) is 0. The van der Waals surface area contributed by atoms with E-state index in [1.807, 2.05) is 0 Å². The molecule has 0 saturated carbocycles. The maximum atomic E-state index is 5.08. The lowest BCUT2D eigenvalue weighted by Gasteiger charge is -2.10. The topological polar surface area (TPSA) is 9.23 Å². The van der Waals surface area contributed by atoms with Gasteiger partial charge in [-0.05, 0) is 18.3 Å². The normalized spacial score (nSPS) is 13.8. The predicted octanol–water partition coefficient (Wildman–Crippen LogP) is 3.49. The van der Waals surface area contributed by atoms with Crippen LogP contribution in [0.25, 0.3) is 0 Å². The lowest BCUT2D eigenvalue weighted by Crippen LogP contribution is -2.03. The fourth-order valence-corrected chi connectivity index (χ4v) is 1.41. The molecule has 12 heavy (non-hydrogen) atoms. The van der Waals surface area contributed by atoms with E-state index < -0.39 is 0 Å². The van der Waals surface area contributed by atoms with Crippen LogP contribution in [0, 0.1) is 11.8 Å². The van der Waals surface area contributed by atoms with E-state index in [2.05, 4.69) is 20.8 Å². The molecule has 0 spiro atoms. The van der Waals surface area contributed by atoms with Gasteiger partial charge in [-0.3, -0.25) is 0 Å². The zero-order valence-corrected chi connectivity index (χ0v) is 9.10. The minimum Gasteiger partial charge on any atom is -0.384 e. The molecular weight excluding hydrogens is 148 g/mol. The monoisotopic (exact) mass is 172 g/mol. The van der Waals surface area contributed by atoms with Gasteiger partial charge in [-0.2, -0.15) is 0 Å². The zero-order valence-electron chi connectivity index (χ0n) is 9.10. The summed E-state index contributed by atoms with van der Waals surface area (Å²) in [7, 11) is 1.78. The first-order chi connectivity index (χ1) is 5.66. The third kappa shape index (κ3) is 8.06. The van der Waals surface area contributed by atoms with Crippen LogP contribution in [0.15, 0.2) is 0 Å². The minimum absolute atomic E-state index is 0.738. The largest absolute Gasteiger partial charge is 0.384 e. The van der Waals surface area contributed by atoms with Gasteiger partial charge >= 0.3 is 0 Å². The van der Waals surface area contributed by atoms with Gasteiger partial charge in [-0.25, -0.2) is 0 Å². The van der Waals surface area contributed by atoms with Crippen molar-refractivity contribution in [1.82, 2.24) is 0 Å². The predicted molar refractivity (Wildman–Crippen MR) is 54.3 cm³/mol. The molecule has 74 valence electrons. The van der Waals surface area contributed by atoms with Gasteiger partial charge in [-0.1, -0.05) is 40.0 Å². The van der Waals surface area contributed by atoms with Crippen molar-refractivity contribution in [3.63, 3.8) is 0 Å². The van der Waals surface area contributed by atoms with Crippen LogP contribution in [-0.2, 0) is 4.74 Å². The van der Waals surface area contributed by atoms with Gasteiger partial charge in [0.1, 0.15) is 0 Å². The summed E-state index contributed by atoms with van der Waals surface area (Å²) in [6.45, 7) is 7.76. The molecule has 0 bridgehead atoms. The Morgan fingerprint density at radius 2 is 1.58 bits per heavy atom. The molecule has 0 aliphatic rings. The van der Waals surface area contributed by atoms with E-state index in [1.54, 1.807) is 7.11 Å². The van der Waals surface area contributed by atoms with Crippen molar-refractivity contribution in [3.8, 4) is 0 Å². The van der Waals surface area contributed by atoms with E-state index in [0.717, 1.165) is 18.4 Å². The van der Waals surface area contributed by atoms with Crippen LogP contribution in [-0.4, -0.2) is 13.7 Å². The second-order valence-corrected chi connectivity index (χ2v) is 4.24. The van der Waals surface area contributed by atoms with Crippen LogP contribution >= 0.6 is 0 Å². The average Bonchev–Trinajstić information content (AvgIpc) is 1.98. The highest BCUT2D eigenvalue weighted by Gasteiger charge is 2.01. The summed E-state index contributed by atoms with van der Waals surface area (Å²) in [5.74, 6) is 1.60. The molecule has 0 aliphatic carbocycles. The number of methoxy groups -OCH3 is 1. The van der Waals surface area contributed by atoms with Gasteiger partial charge in [0.05, 0.1) is 0 Å². The summed E-state index contributed by atoms with van der Waals surface area (Å²) < 4.78 is 5.08. The van der Waals surface area contributed by atoms with Gasteiger partial charge in [-0.15, -0.1) is 0 Å². The molecule has 0 aromatic carbocycles. The number of hydrogen-bond acceptors (Lipinski definition) is 1. The van der Waals surface area contributed by atoms with Crippen molar-refractivity contribution in [3.05, 3.63) is 0 Å². The average molecular weight is 172 g/mol. The highest BCUT2D eigenvalue weighted by Crippen LogP contribution is 2.12. The Labute approximate surface area is 77.5 Å². The van der Waals surface area contributed by atoms with E-state index in [4.69, 9.17) is 4.74 Å². The lowest BCUT2D eigenvalue weighted by molar-refractivity contribution is 0.154. The standard InChI is InChI=1S/C11H24O/c1-10(2)7-5-6-8-11(3)9-12-4/h10-11H,5-9H2,1-4H3. The van der Waals surface area contributed by atoms with Gasteiger partial charge in [0.15, 0.2) is 0 Å². The Morgan fingerprint density at radius 3 is 2.08 bits per heavy atom. The third-order valence-electron chi connectivity index (χ3n) is 2.18. The zero-order chi connectivity index (χ0) is 9.40. The minimum atomic E-state index is 0.738. The molecule has 0 amide bonds. The molecule has 0 rings (SSSR count). The quantitative estimate of drug-likeness (QED) is 0.534. The van der Waals surface area contributed by atoms with Crippen molar-refractivity contribution < 1.29 is 4.74 Å². The second kappa shape index (κ2) is 7.60. The first-order valence-corrected chi connectivity index (χ1v) is 5.15. The van der Waals surface area contributed by atoms with Gasteiger partial charge in [0, 0.05) is 13.7 Å². The number of ether oxygens (including phenoxy) is 1. The van der Waals surface area contributed by atoms with Crippen molar-refractivity contribution >= 4 is 0 Å². The van der Waals surface area contributed by atoms with Crippen LogP contribution in [0.5, 0.6) is 0 Å². The molecule has 0 saturated heterocycles. The molecule has 0 fully saturated rings. The van der Waals surface area contributed by atoms with Crippen molar-refractivity contribution in [2.24, 2.45) is 11.8 Å². The Morgan fingerprint density at radius 1 is 1.00 bits per heavy atom. The molecule has 0 radical (unpaired) electrons. The van der Waals surface area contributed by atoms with Crippen molar-refractivity contribution in [1.29, 1.82) is 0 Å². The molecular formula is C11H24O. The molecule has 1 unspecified atom stereocenters. The van der Waals surface area contributed by atoms with E-state index in [1.165, 1.54) is 25.7 Å². The van der Waals surface area contributed by atoms with Crippen LogP contribution < -0.4 is 0 Å². The summed E-state index contributed by atoms with van der Waals surface area (Å²) in [6, 6.07) is 0. The van der Waals surface area contributed by atoms with Crippen molar-refractivity contribution in [2.75, 3.05) is 13.7 Å². The summed E-state index contributed by atoms with van der Waals surface area (Å²) in [5, 5.41) is 0. The second-order valence-electron chi connectivity index (χ2n) is 4.24. The van der Waals surface area contributed by atoms with Crippen LogP contribution in [0.1, 0.15) is 46.5 Å². The Bertz CT molecular complexity index is 89.0. The fourth-order valence-electron chi connectivity index (χ4n) is 1.41. The number of rotatable bonds is 7. The Balaban J connectivity index is 3.08. The summed E-state index contributed by atoms with van der Waals surface area (Å²) in [5.41, 5.74) is 0. The summed E-state index contributed by atoms with van der Waals surface area (Å²) in [4.78, 5) is 0. The molecule has 0 aliphatic heterocycles. The van der Waals surface area contributed by atoms with Crippen LogP contribution in [0.4, 0.5) is 0 Å². The molecule has 0 N–H and O–H groups in total. The van der Waals surface area contributed by atoms with E-state index >= 15 is 0 Å². The highest BCUT2D eigenvalue weighted by atomic mass is 16.5. The van der Waals surface area contributed by atoms with Gasteiger partial charge < -0.3 is 4.74 Å². The molecule has 0 aromatic heterocycles. The third-order valence-corrected chi connectivity index (χ3v) is 2.18. The first kappa shape index (κ1) is 12.0.